The number of rotatable bonds is 7. The first kappa shape index (κ1) is 20.6. The number of nitrogens with zero attached hydrogens (tertiary/aromatic N) is 5. The Morgan fingerprint density at radius 2 is 2.14 bits per heavy atom. The van der Waals surface area contributed by atoms with Crippen molar-refractivity contribution in [3.05, 3.63) is 33.2 Å². The fraction of sp³-hybridized carbons (Fsp3) is 0.625. The van der Waals surface area contributed by atoms with Crippen LogP contribution in [0.15, 0.2) is 22.2 Å². The van der Waals surface area contributed by atoms with Gasteiger partial charge in [0.05, 0.1) is 0 Å². The van der Waals surface area contributed by atoms with Gasteiger partial charge in [-0.15, -0.1) is 0 Å². The van der Waals surface area contributed by atoms with Gasteiger partial charge in [0.15, 0.2) is 23.6 Å². The predicted octanol–water partition coefficient (Wildman–Crippen LogP) is 0.769. The summed E-state index contributed by atoms with van der Waals surface area (Å²) in [5.41, 5.74) is 9.60. The third-order valence-electron chi connectivity index (χ3n) is 5.02. The molecule has 5 atom stereocenters. The van der Waals surface area contributed by atoms with E-state index in [1.165, 1.54) is 19.2 Å². The lowest BCUT2D eigenvalue weighted by molar-refractivity contribution is -0.159. The zero-order valence-corrected chi connectivity index (χ0v) is 15.6. The van der Waals surface area contributed by atoms with Crippen molar-refractivity contribution >= 4 is 17.8 Å². The molecule has 12 nitrogen and oxygen atoms in total. The monoisotopic (exact) mass is 410 g/mol. The van der Waals surface area contributed by atoms with Crippen LogP contribution in [0.3, 0.4) is 0 Å². The molecule has 0 spiro atoms. The number of hydrogen-bond acceptors (Lipinski definition) is 9. The molecule has 29 heavy (non-hydrogen) atoms. The first-order chi connectivity index (χ1) is 13.8. The first-order valence-electron chi connectivity index (χ1n) is 8.85. The molecule has 2 heterocycles. The van der Waals surface area contributed by atoms with E-state index >= 15 is 4.39 Å². The van der Waals surface area contributed by atoms with Crippen molar-refractivity contribution in [1.29, 1.82) is 0 Å². The fourth-order valence-corrected chi connectivity index (χ4v) is 3.53. The van der Waals surface area contributed by atoms with Crippen LogP contribution in [0.25, 0.3) is 10.4 Å². The second-order valence-electron chi connectivity index (χ2n) is 6.58. The van der Waals surface area contributed by atoms with E-state index in [2.05, 4.69) is 15.0 Å². The molecule has 1 saturated carbocycles. The van der Waals surface area contributed by atoms with E-state index in [-0.39, 0.29) is 18.7 Å². The molecule has 1 aliphatic heterocycles. The Kier molecular flexibility index (Phi) is 5.20. The Morgan fingerprint density at radius 3 is 2.72 bits per heavy atom. The SMILES string of the molecule is CCC(=O)OC[C@@]12O[C@@H](n3ccc(N)nc3=O)[C@H](F)[C@@]1(OC(=O)CC)C2N=[N+]=[N-]. The summed E-state index contributed by atoms with van der Waals surface area (Å²) in [6, 6.07) is -0.0234. The number of hydrogen-bond donors (Lipinski definition) is 1. The van der Waals surface area contributed by atoms with E-state index in [1.54, 1.807) is 6.92 Å². The predicted molar refractivity (Wildman–Crippen MR) is 94.0 cm³/mol. The van der Waals surface area contributed by atoms with Gasteiger partial charge in [-0.05, 0) is 11.6 Å². The number of nitrogens with two attached hydrogens (primary N) is 1. The van der Waals surface area contributed by atoms with E-state index in [4.69, 9.17) is 25.5 Å². The standard InChI is InChI=1S/C16H19FN6O6/c1-3-9(24)27-7-15-13(21-22-19)16(15,28-10(25)4-2)11(17)12(29-15)23-6-5-8(18)20-14(23)26/h5-6,11-13H,3-4,7H2,1-2H3,(H2,18,20,26)/t11-,12+,13?,15-,16+/m0/s1. The highest BCUT2D eigenvalue weighted by molar-refractivity contribution is 5.72. The third-order valence-corrected chi connectivity index (χ3v) is 5.02. The number of nitrogen functional groups attached to an aromatic ring is 1. The Balaban J connectivity index is 2.05. The molecule has 156 valence electrons. The maximum atomic E-state index is 15.6. The molecular weight excluding hydrogens is 391 g/mol. The molecule has 1 unspecified atom stereocenters. The first-order valence-corrected chi connectivity index (χ1v) is 8.85. The summed E-state index contributed by atoms with van der Waals surface area (Å²) < 4.78 is 32.6. The van der Waals surface area contributed by atoms with Crippen molar-refractivity contribution in [3.8, 4) is 0 Å². The lowest BCUT2D eigenvalue weighted by Gasteiger charge is -2.23. The Bertz CT molecular complexity index is 948. The van der Waals surface area contributed by atoms with Crippen LogP contribution < -0.4 is 11.4 Å². The number of carbonyl (C=O) groups excluding carboxylic acids is 2. The van der Waals surface area contributed by atoms with Crippen molar-refractivity contribution in [2.24, 2.45) is 5.11 Å². The van der Waals surface area contributed by atoms with Crippen molar-refractivity contribution in [3.63, 3.8) is 0 Å². The molecule has 1 aromatic rings. The summed E-state index contributed by atoms with van der Waals surface area (Å²) in [6.07, 6.45) is -2.55. The molecule has 3 rings (SSSR count). The van der Waals surface area contributed by atoms with Crippen molar-refractivity contribution < 1.29 is 28.2 Å². The van der Waals surface area contributed by atoms with Crippen LogP contribution in [0.2, 0.25) is 0 Å². The van der Waals surface area contributed by atoms with Crippen LogP contribution in [0, 0.1) is 0 Å². The van der Waals surface area contributed by atoms with Crippen LogP contribution in [0.4, 0.5) is 10.2 Å². The minimum absolute atomic E-state index is 0.0356. The number of azide groups is 1. The highest BCUT2D eigenvalue weighted by Crippen LogP contribution is 2.67. The lowest BCUT2D eigenvalue weighted by atomic mass is 10.1. The molecular formula is C16H19FN6O6. The second-order valence-corrected chi connectivity index (χ2v) is 6.58. The van der Waals surface area contributed by atoms with Gasteiger partial charge in [-0.3, -0.25) is 14.2 Å². The maximum absolute atomic E-state index is 15.6. The lowest BCUT2D eigenvalue weighted by Crippen LogP contribution is -2.40. The van der Waals surface area contributed by atoms with Crippen molar-refractivity contribution in [2.45, 2.75) is 56.3 Å². The molecule has 0 amide bonds. The summed E-state index contributed by atoms with van der Waals surface area (Å²) in [5, 5.41) is 3.50. The van der Waals surface area contributed by atoms with Gasteiger partial charge in [0.2, 0.25) is 0 Å². The zero-order chi connectivity index (χ0) is 21.4. The molecule has 0 bridgehead atoms. The summed E-state index contributed by atoms with van der Waals surface area (Å²) in [6.45, 7) is 2.52. The van der Waals surface area contributed by atoms with Crippen molar-refractivity contribution in [2.75, 3.05) is 12.3 Å². The highest BCUT2D eigenvalue weighted by Gasteiger charge is 2.91. The fourth-order valence-electron chi connectivity index (χ4n) is 3.53. The molecule has 1 saturated heterocycles. The van der Waals surface area contributed by atoms with Gasteiger partial charge >= 0.3 is 17.6 Å². The smallest absolute Gasteiger partial charge is 0.351 e. The molecule has 2 N–H and O–H groups in total. The molecule has 1 aromatic heterocycles. The number of esters is 2. The Labute approximate surface area is 163 Å². The van der Waals surface area contributed by atoms with E-state index in [1.807, 2.05) is 0 Å². The molecule has 1 aliphatic carbocycles. The van der Waals surface area contributed by atoms with Gasteiger partial charge in [-0.1, -0.05) is 19.0 Å². The van der Waals surface area contributed by atoms with E-state index in [0.29, 0.717) is 0 Å². The third kappa shape index (κ3) is 2.98. The minimum Gasteiger partial charge on any atom is -0.462 e. The summed E-state index contributed by atoms with van der Waals surface area (Å²) in [7, 11) is 0. The number of ether oxygens (including phenoxy) is 3. The number of alkyl halides is 1. The van der Waals surface area contributed by atoms with Gasteiger partial charge in [0, 0.05) is 24.0 Å². The minimum atomic E-state index is -2.11. The van der Waals surface area contributed by atoms with Crippen LogP contribution in [-0.2, 0) is 23.8 Å². The topological polar surface area (TPSA) is 172 Å². The van der Waals surface area contributed by atoms with Gasteiger partial charge in [-0.2, -0.15) is 4.98 Å². The van der Waals surface area contributed by atoms with Crippen LogP contribution in [0.1, 0.15) is 32.9 Å². The number of carbonyl (C=O) groups is 2. The Morgan fingerprint density at radius 1 is 1.45 bits per heavy atom. The Hall–Kier alpha value is -3.18. The molecule has 2 fully saturated rings. The van der Waals surface area contributed by atoms with Gasteiger partial charge < -0.3 is 19.9 Å². The van der Waals surface area contributed by atoms with Crippen LogP contribution >= 0.6 is 0 Å². The molecule has 0 radical (unpaired) electrons. The van der Waals surface area contributed by atoms with E-state index in [9.17, 15) is 14.4 Å². The average Bonchev–Trinajstić information content (AvgIpc) is 3.13. The van der Waals surface area contributed by atoms with Crippen molar-refractivity contribution in [1.82, 2.24) is 9.55 Å². The normalized spacial score (nSPS) is 32.0. The average molecular weight is 410 g/mol. The largest absolute Gasteiger partial charge is 0.462 e. The number of fused-ring (bicyclic) bond motifs is 1. The number of anilines is 1. The van der Waals surface area contributed by atoms with Gasteiger partial charge in [0.1, 0.15) is 18.5 Å². The second kappa shape index (κ2) is 7.33. The van der Waals surface area contributed by atoms with E-state index < -0.39 is 53.9 Å². The molecule has 0 aromatic carbocycles. The summed E-state index contributed by atoms with van der Waals surface area (Å²) in [4.78, 5) is 42.0. The number of aromatic nitrogens is 2. The molecule has 2 aliphatic rings. The van der Waals surface area contributed by atoms with Gasteiger partial charge in [-0.25, -0.2) is 9.18 Å². The summed E-state index contributed by atoms with van der Waals surface area (Å²) >= 11 is 0. The number of halogens is 1. The maximum Gasteiger partial charge on any atom is 0.351 e. The van der Waals surface area contributed by atoms with Gasteiger partial charge in [0.25, 0.3) is 0 Å². The molecule has 13 heteroatoms. The zero-order valence-electron chi connectivity index (χ0n) is 15.6. The van der Waals surface area contributed by atoms with E-state index in [0.717, 1.165) is 4.57 Å². The summed E-state index contributed by atoms with van der Waals surface area (Å²) in [5.74, 6) is -1.47. The highest BCUT2D eigenvalue weighted by atomic mass is 19.1. The van der Waals surface area contributed by atoms with Crippen LogP contribution in [0.5, 0.6) is 0 Å². The van der Waals surface area contributed by atoms with Crippen LogP contribution in [-0.4, -0.2) is 51.5 Å². The quantitative estimate of drug-likeness (QED) is 0.297.